The van der Waals surface area contributed by atoms with E-state index in [-0.39, 0.29) is 24.9 Å². The summed E-state index contributed by atoms with van der Waals surface area (Å²) < 4.78 is 0. The Hall–Kier alpha value is -2.92. The number of nitrogens with one attached hydrogen (secondary N) is 1. The van der Waals surface area contributed by atoms with Crippen LogP contribution in [0.1, 0.15) is 28.4 Å². The molecule has 1 unspecified atom stereocenters. The highest BCUT2D eigenvalue weighted by atomic mass is 16.3. The number of aliphatic hydroxyl groups is 1. The lowest BCUT2D eigenvalue weighted by Gasteiger charge is -2.25. The summed E-state index contributed by atoms with van der Waals surface area (Å²) in [6.07, 6.45) is 0. The lowest BCUT2D eigenvalue weighted by molar-refractivity contribution is -0.122. The molecule has 2 amide bonds. The number of benzene rings is 2. The number of amides is 2. The number of carbonyl (C=O) groups is 2. The summed E-state index contributed by atoms with van der Waals surface area (Å²) in [4.78, 5) is 26.0. The second-order valence-corrected chi connectivity index (χ2v) is 6.30. The maximum atomic E-state index is 12.4. The van der Waals surface area contributed by atoms with Crippen LogP contribution in [0.2, 0.25) is 0 Å². The number of nitrogens with zero attached hydrogens (tertiary/aromatic N) is 1. The molecule has 3 rings (SSSR count). The van der Waals surface area contributed by atoms with Gasteiger partial charge in [-0.25, -0.2) is 0 Å². The summed E-state index contributed by atoms with van der Waals surface area (Å²) >= 11 is 0. The standard InChI is InChI=1S/C20H20N2O3/c1-14-16-10-6-7-11-17(16)19(24)22(14)12-18(23)21-13-20(2,25)15-8-4-3-5-9-15/h3-11,25H,1,12-13H2,2H3,(H,21,23). The summed E-state index contributed by atoms with van der Waals surface area (Å²) in [7, 11) is 0. The smallest absolute Gasteiger partial charge is 0.259 e. The third kappa shape index (κ3) is 3.32. The van der Waals surface area contributed by atoms with Crippen molar-refractivity contribution in [1.82, 2.24) is 10.2 Å². The largest absolute Gasteiger partial charge is 0.384 e. The molecule has 0 aliphatic carbocycles. The third-order valence-electron chi connectivity index (χ3n) is 4.37. The first-order valence-electron chi connectivity index (χ1n) is 8.05. The summed E-state index contributed by atoms with van der Waals surface area (Å²) in [5.74, 6) is -0.580. The third-order valence-corrected chi connectivity index (χ3v) is 4.37. The average molecular weight is 336 g/mol. The van der Waals surface area contributed by atoms with E-state index in [1.807, 2.05) is 30.3 Å². The highest BCUT2D eigenvalue weighted by Gasteiger charge is 2.32. The molecule has 128 valence electrons. The zero-order valence-corrected chi connectivity index (χ0v) is 14.0. The normalized spacial score (nSPS) is 15.7. The molecular weight excluding hydrogens is 316 g/mol. The van der Waals surface area contributed by atoms with Crippen molar-refractivity contribution in [2.45, 2.75) is 12.5 Å². The highest BCUT2D eigenvalue weighted by Crippen LogP contribution is 2.30. The SMILES string of the molecule is C=C1c2ccccc2C(=O)N1CC(=O)NCC(C)(O)c1ccccc1. The average Bonchev–Trinajstić information content (AvgIpc) is 2.86. The van der Waals surface area contributed by atoms with Gasteiger partial charge in [0.15, 0.2) is 0 Å². The van der Waals surface area contributed by atoms with Crippen LogP contribution in [-0.4, -0.2) is 34.9 Å². The Morgan fingerprint density at radius 3 is 2.36 bits per heavy atom. The molecule has 0 bridgehead atoms. The van der Waals surface area contributed by atoms with Crippen molar-refractivity contribution in [3.05, 3.63) is 77.9 Å². The van der Waals surface area contributed by atoms with Crippen LogP contribution < -0.4 is 5.32 Å². The fourth-order valence-corrected chi connectivity index (χ4v) is 2.87. The predicted molar refractivity (Wildman–Crippen MR) is 95.5 cm³/mol. The quantitative estimate of drug-likeness (QED) is 0.879. The molecule has 1 heterocycles. The van der Waals surface area contributed by atoms with Crippen LogP contribution in [0.25, 0.3) is 5.70 Å². The summed E-state index contributed by atoms with van der Waals surface area (Å²) in [5, 5.41) is 13.2. The van der Waals surface area contributed by atoms with Crippen molar-refractivity contribution >= 4 is 17.5 Å². The molecule has 5 heteroatoms. The second kappa shape index (κ2) is 6.53. The Morgan fingerprint density at radius 1 is 1.12 bits per heavy atom. The van der Waals surface area contributed by atoms with Gasteiger partial charge in [-0.3, -0.25) is 14.5 Å². The fourth-order valence-electron chi connectivity index (χ4n) is 2.87. The minimum Gasteiger partial charge on any atom is -0.384 e. The van der Waals surface area contributed by atoms with E-state index in [1.54, 1.807) is 31.2 Å². The van der Waals surface area contributed by atoms with E-state index in [2.05, 4.69) is 11.9 Å². The van der Waals surface area contributed by atoms with E-state index >= 15 is 0 Å². The van der Waals surface area contributed by atoms with Crippen molar-refractivity contribution in [3.8, 4) is 0 Å². The van der Waals surface area contributed by atoms with E-state index in [0.717, 1.165) is 5.56 Å². The van der Waals surface area contributed by atoms with Gasteiger partial charge in [-0.2, -0.15) is 0 Å². The van der Waals surface area contributed by atoms with Crippen LogP contribution in [0.3, 0.4) is 0 Å². The van der Waals surface area contributed by atoms with Crippen molar-refractivity contribution in [3.63, 3.8) is 0 Å². The first-order chi connectivity index (χ1) is 11.9. The summed E-state index contributed by atoms with van der Waals surface area (Å²) in [5.41, 5.74) is 1.34. The predicted octanol–water partition coefficient (Wildman–Crippen LogP) is 2.14. The van der Waals surface area contributed by atoms with Crippen LogP contribution in [-0.2, 0) is 10.4 Å². The Balaban J connectivity index is 1.62. The first kappa shape index (κ1) is 16.9. The molecule has 2 N–H and O–H groups in total. The molecule has 2 aromatic carbocycles. The van der Waals surface area contributed by atoms with Crippen molar-refractivity contribution in [2.24, 2.45) is 0 Å². The molecule has 0 saturated heterocycles. The van der Waals surface area contributed by atoms with Crippen LogP contribution in [0, 0.1) is 0 Å². The Labute approximate surface area is 146 Å². The van der Waals surface area contributed by atoms with Gasteiger partial charge in [0, 0.05) is 16.8 Å². The van der Waals surface area contributed by atoms with Gasteiger partial charge in [-0.05, 0) is 18.6 Å². The molecule has 0 saturated carbocycles. The number of carbonyl (C=O) groups excluding carboxylic acids is 2. The van der Waals surface area contributed by atoms with E-state index in [0.29, 0.717) is 16.8 Å². The zero-order valence-electron chi connectivity index (χ0n) is 14.0. The zero-order chi connectivity index (χ0) is 18.0. The molecule has 1 aliphatic heterocycles. The van der Waals surface area contributed by atoms with E-state index < -0.39 is 5.60 Å². The Morgan fingerprint density at radius 2 is 1.72 bits per heavy atom. The minimum absolute atomic E-state index is 0.0529. The molecule has 0 aromatic heterocycles. The van der Waals surface area contributed by atoms with Crippen LogP contribution in [0.15, 0.2) is 61.2 Å². The van der Waals surface area contributed by atoms with Gasteiger partial charge >= 0.3 is 0 Å². The van der Waals surface area contributed by atoms with Gasteiger partial charge in [0.2, 0.25) is 5.91 Å². The number of rotatable bonds is 5. The molecule has 0 radical (unpaired) electrons. The number of hydrogen-bond donors (Lipinski definition) is 2. The minimum atomic E-state index is -1.19. The number of fused-ring (bicyclic) bond motifs is 1. The van der Waals surface area contributed by atoms with Gasteiger partial charge in [-0.15, -0.1) is 0 Å². The second-order valence-electron chi connectivity index (χ2n) is 6.30. The maximum absolute atomic E-state index is 12.4. The molecular formula is C20H20N2O3. The lowest BCUT2D eigenvalue weighted by atomic mass is 9.96. The van der Waals surface area contributed by atoms with Crippen molar-refractivity contribution in [2.75, 3.05) is 13.1 Å². The summed E-state index contributed by atoms with van der Waals surface area (Å²) in [6.45, 7) is 5.48. The van der Waals surface area contributed by atoms with Crippen LogP contribution in [0.5, 0.6) is 0 Å². The maximum Gasteiger partial charge on any atom is 0.259 e. The van der Waals surface area contributed by atoms with Crippen LogP contribution >= 0.6 is 0 Å². The molecule has 1 aliphatic rings. The monoisotopic (exact) mass is 336 g/mol. The van der Waals surface area contributed by atoms with Gasteiger partial charge in [0.25, 0.3) is 5.91 Å². The Bertz CT molecular complexity index is 793. The van der Waals surface area contributed by atoms with E-state index in [9.17, 15) is 14.7 Å². The first-order valence-corrected chi connectivity index (χ1v) is 8.05. The van der Waals surface area contributed by atoms with Crippen molar-refractivity contribution in [1.29, 1.82) is 0 Å². The van der Waals surface area contributed by atoms with Gasteiger partial charge in [-0.1, -0.05) is 55.1 Å². The topological polar surface area (TPSA) is 69.6 Å². The molecule has 5 nitrogen and oxygen atoms in total. The molecule has 1 atom stereocenters. The lowest BCUT2D eigenvalue weighted by Crippen LogP contribution is -2.43. The van der Waals surface area contributed by atoms with E-state index in [1.165, 1.54) is 4.90 Å². The van der Waals surface area contributed by atoms with Crippen LogP contribution in [0.4, 0.5) is 0 Å². The Kier molecular flexibility index (Phi) is 4.42. The van der Waals surface area contributed by atoms with Gasteiger partial charge < -0.3 is 10.4 Å². The molecule has 0 fully saturated rings. The van der Waals surface area contributed by atoms with Crippen molar-refractivity contribution < 1.29 is 14.7 Å². The summed E-state index contributed by atoms with van der Waals surface area (Å²) in [6, 6.07) is 16.3. The molecule has 0 spiro atoms. The van der Waals surface area contributed by atoms with Gasteiger partial charge in [0.1, 0.15) is 12.1 Å². The fraction of sp³-hybridized carbons (Fsp3) is 0.200. The number of hydrogen-bond acceptors (Lipinski definition) is 3. The molecule has 25 heavy (non-hydrogen) atoms. The molecule has 2 aromatic rings. The van der Waals surface area contributed by atoms with Gasteiger partial charge in [0.05, 0.1) is 6.54 Å². The van der Waals surface area contributed by atoms with E-state index in [4.69, 9.17) is 0 Å². The highest BCUT2D eigenvalue weighted by molar-refractivity contribution is 6.10.